The van der Waals surface area contributed by atoms with Crippen molar-refractivity contribution < 1.29 is 32.6 Å². The van der Waals surface area contributed by atoms with Gasteiger partial charge in [-0.05, 0) is 48.5 Å². The third kappa shape index (κ3) is 4.75. The van der Waals surface area contributed by atoms with E-state index in [4.69, 9.17) is 4.42 Å². The van der Waals surface area contributed by atoms with E-state index in [1.165, 1.54) is 54.9 Å². The summed E-state index contributed by atoms with van der Waals surface area (Å²) in [6, 6.07) is 11.9. The second kappa shape index (κ2) is 8.66. The minimum absolute atomic E-state index is 0.0544. The summed E-state index contributed by atoms with van der Waals surface area (Å²) in [6.45, 7) is 0. The number of furan rings is 1. The summed E-state index contributed by atoms with van der Waals surface area (Å²) in [7, 11) is -3.89. The number of rotatable bonds is 9. The molecule has 10 nitrogen and oxygen atoms in total. The fraction of sp³-hybridized carbons (Fsp3) is 0.105. The number of aliphatic carboxylic acids is 2. The van der Waals surface area contributed by atoms with Crippen LogP contribution in [0.25, 0.3) is 0 Å². The normalized spacial score (nSPS) is 12.3. The van der Waals surface area contributed by atoms with Crippen LogP contribution in [0.2, 0.25) is 0 Å². The average Bonchev–Trinajstić information content (AvgIpc) is 3.22. The standard InChI is InChI=1S/C19H17N3O7S/c23-18(24)16(19(25)26)17(14-4-3-11-29-14)21-12-6-8-13(9-7-12)30(27,28)22-15-5-1-2-10-20-15/h1-11,16-17,21H,(H,20,22)(H,23,24)(H,25,26). The van der Waals surface area contributed by atoms with E-state index in [1.54, 1.807) is 12.1 Å². The van der Waals surface area contributed by atoms with Crippen molar-refractivity contribution in [3.8, 4) is 0 Å². The van der Waals surface area contributed by atoms with Crippen LogP contribution in [-0.2, 0) is 19.6 Å². The van der Waals surface area contributed by atoms with Crippen molar-refractivity contribution >= 4 is 33.5 Å². The van der Waals surface area contributed by atoms with Crippen LogP contribution in [0.5, 0.6) is 0 Å². The third-order valence-electron chi connectivity index (χ3n) is 4.11. The second-order valence-corrected chi connectivity index (χ2v) is 7.82. The average molecular weight is 431 g/mol. The van der Waals surface area contributed by atoms with E-state index in [9.17, 15) is 28.2 Å². The number of carbonyl (C=O) groups is 2. The topological polar surface area (TPSA) is 159 Å². The Balaban J connectivity index is 1.84. The molecule has 156 valence electrons. The van der Waals surface area contributed by atoms with Crippen molar-refractivity contribution in [3.05, 3.63) is 72.8 Å². The van der Waals surface area contributed by atoms with Crippen LogP contribution >= 0.6 is 0 Å². The molecule has 1 unspecified atom stereocenters. The first-order valence-corrected chi connectivity index (χ1v) is 10.1. The van der Waals surface area contributed by atoms with Crippen molar-refractivity contribution in [2.75, 3.05) is 10.0 Å². The van der Waals surface area contributed by atoms with Gasteiger partial charge in [0.1, 0.15) is 17.6 Å². The van der Waals surface area contributed by atoms with Crippen LogP contribution in [0.1, 0.15) is 11.8 Å². The molecule has 0 saturated carbocycles. The van der Waals surface area contributed by atoms with Gasteiger partial charge in [0.2, 0.25) is 0 Å². The van der Waals surface area contributed by atoms with Crippen LogP contribution in [0, 0.1) is 5.92 Å². The first kappa shape index (κ1) is 20.9. The van der Waals surface area contributed by atoms with Gasteiger partial charge in [0.15, 0.2) is 5.92 Å². The van der Waals surface area contributed by atoms with Crippen LogP contribution in [0.3, 0.4) is 0 Å². The van der Waals surface area contributed by atoms with Gasteiger partial charge in [0.25, 0.3) is 10.0 Å². The maximum Gasteiger partial charge on any atom is 0.320 e. The number of aromatic nitrogens is 1. The number of benzene rings is 1. The Labute approximate surface area is 171 Å². The molecule has 1 aromatic carbocycles. The molecular weight excluding hydrogens is 414 g/mol. The Kier molecular flexibility index (Phi) is 6.02. The van der Waals surface area contributed by atoms with Gasteiger partial charge >= 0.3 is 11.9 Å². The predicted molar refractivity (Wildman–Crippen MR) is 105 cm³/mol. The molecular formula is C19H17N3O7S. The van der Waals surface area contributed by atoms with Gasteiger partial charge in [0.05, 0.1) is 11.2 Å². The molecule has 2 aromatic heterocycles. The molecule has 0 saturated heterocycles. The number of carboxylic acids is 2. The molecule has 0 amide bonds. The van der Waals surface area contributed by atoms with E-state index in [1.807, 2.05) is 0 Å². The third-order valence-corrected chi connectivity index (χ3v) is 5.48. The number of hydrogen-bond acceptors (Lipinski definition) is 7. The summed E-state index contributed by atoms with van der Waals surface area (Å²) in [6.07, 6.45) is 2.74. The van der Waals surface area contributed by atoms with Crippen molar-refractivity contribution in [1.29, 1.82) is 0 Å². The SMILES string of the molecule is O=C(O)C(C(=O)O)C(Nc1ccc(S(=O)(=O)Nc2ccccn2)cc1)c1ccco1. The minimum Gasteiger partial charge on any atom is -0.481 e. The van der Waals surface area contributed by atoms with Gasteiger partial charge in [-0.25, -0.2) is 13.4 Å². The maximum absolute atomic E-state index is 12.5. The van der Waals surface area contributed by atoms with Gasteiger partial charge in [0, 0.05) is 11.9 Å². The Morgan fingerprint density at radius 3 is 2.20 bits per heavy atom. The molecule has 30 heavy (non-hydrogen) atoms. The second-order valence-electron chi connectivity index (χ2n) is 6.14. The van der Waals surface area contributed by atoms with Gasteiger partial charge < -0.3 is 19.9 Å². The smallest absolute Gasteiger partial charge is 0.320 e. The highest BCUT2D eigenvalue weighted by atomic mass is 32.2. The predicted octanol–water partition coefficient (Wildman–Crippen LogP) is 2.41. The molecule has 0 spiro atoms. The number of hydrogen-bond donors (Lipinski definition) is 4. The molecule has 0 aliphatic rings. The van der Waals surface area contributed by atoms with Crippen LogP contribution < -0.4 is 10.0 Å². The van der Waals surface area contributed by atoms with Gasteiger partial charge in [-0.1, -0.05) is 6.07 Å². The number of carboxylic acid groups (broad SMARTS) is 2. The van der Waals surface area contributed by atoms with Gasteiger partial charge in [-0.3, -0.25) is 14.3 Å². The van der Waals surface area contributed by atoms with E-state index in [-0.39, 0.29) is 16.5 Å². The zero-order valence-corrected chi connectivity index (χ0v) is 16.1. The summed E-state index contributed by atoms with van der Waals surface area (Å²) in [4.78, 5) is 26.8. The molecule has 1 atom stereocenters. The molecule has 0 bridgehead atoms. The Morgan fingerprint density at radius 1 is 0.967 bits per heavy atom. The summed E-state index contributed by atoms with van der Waals surface area (Å²) in [5, 5.41) is 21.4. The quantitative estimate of drug-likeness (QED) is 0.373. The van der Waals surface area contributed by atoms with Gasteiger partial charge in [-0.15, -0.1) is 0 Å². The summed E-state index contributed by atoms with van der Waals surface area (Å²) >= 11 is 0. The number of nitrogens with zero attached hydrogens (tertiary/aromatic N) is 1. The first-order chi connectivity index (χ1) is 14.3. The van der Waals surface area contributed by atoms with Crippen molar-refractivity contribution in [2.24, 2.45) is 5.92 Å². The van der Waals surface area contributed by atoms with E-state index in [0.717, 1.165) is 0 Å². The maximum atomic E-state index is 12.5. The summed E-state index contributed by atoms with van der Waals surface area (Å²) in [5.41, 5.74) is 0.306. The van der Waals surface area contributed by atoms with Crippen LogP contribution in [-0.4, -0.2) is 35.6 Å². The number of anilines is 2. The molecule has 3 rings (SSSR count). The zero-order chi connectivity index (χ0) is 21.7. The van der Waals surface area contributed by atoms with Crippen molar-refractivity contribution in [3.63, 3.8) is 0 Å². The van der Waals surface area contributed by atoms with Crippen LogP contribution in [0.4, 0.5) is 11.5 Å². The highest BCUT2D eigenvalue weighted by Crippen LogP contribution is 2.29. The molecule has 2 heterocycles. The lowest BCUT2D eigenvalue weighted by molar-refractivity contribution is -0.155. The lowest BCUT2D eigenvalue weighted by atomic mass is 9.97. The lowest BCUT2D eigenvalue weighted by Gasteiger charge is -2.21. The molecule has 11 heteroatoms. The largest absolute Gasteiger partial charge is 0.481 e. The fourth-order valence-corrected chi connectivity index (χ4v) is 3.72. The molecule has 0 aliphatic carbocycles. The zero-order valence-electron chi connectivity index (χ0n) is 15.3. The Hall–Kier alpha value is -3.86. The molecule has 3 aromatic rings. The fourth-order valence-electron chi connectivity index (χ4n) is 2.71. The lowest BCUT2D eigenvalue weighted by Crippen LogP contribution is -2.33. The highest BCUT2D eigenvalue weighted by molar-refractivity contribution is 7.92. The van der Waals surface area contributed by atoms with Crippen molar-refractivity contribution in [2.45, 2.75) is 10.9 Å². The van der Waals surface area contributed by atoms with E-state index < -0.39 is 33.9 Å². The Morgan fingerprint density at radius 2 is 1.67 bits per heavy atom. The first-order valence-electron chi connectivity index (χ1n) is 8.57. The molecule has 0 fully saturated rings. The monoisotopic (exact) mass is 431 g/mol. The van der Waals surface area contributed by atoms with E-state index in [0.29, 0.717) is 5.69 Å². The summed E-state index contributed by atoms with van der Waals surface area (Å²) < 4.78 is 32.5. The Bertz CT molecular complexity index is 1100. The molecule has 0 aliphatic heterocycles. The molecule has 0 radical (unpaired) electrons. The number of sulfonamides is 1. The number of nitrogens with one attached hydrogen (secondary N) is 2. The number of pyridine rings is 1. The highest BCUT2D eigenvalue weighted by Gasteiger charge is 2.37. The van der Waals surface area contributed by atoms with E-state index in [2.05, 4.69) is 15.0 Å². The van der Waals surface area contributed by atoms with Crippen molar-refractivity contribution in [1.82, 2.24) is 4.98 Å². The van der Waals surface area contributed by atoms with E-state index >= 15 is 0 Å². The van der Waals surface area contributed by atoms with Crippen LogP contribution in [0.15, 0.2) is 76.4 Å². The minimum atomic E-state index is -3.89. The summed E-state index contributed by atoms with van der Waals surface area (Å²) in [5.74, 6) is -4.66. The van der Waals surface area contributed by atoms with Gasteiger partial charge in [-0.2, -0.15) is 0 Å². The molecule has 4 N–H and O–H groups in total.